The van der Waals surface area contributed by atoms with Gasteiger partial charge in [0.25, 0.3) is 10.0 Å². The first-order chi connectivity index (χ1) is 17.1. The maximum absolute atomic E-state index is 13.8. The zero-order valence-electron chi connectivity index (χ0n) is 21.0. The molecule has 9 heteroatoms. The van der Waals surface area contributed by atoms with Crippen LogP contribution in [-0.4, -0.2) is 35.1 Å². The van der Waals surface area contributed by atoms with Crippen LogP contribution in [0.2, 0.25) is 5.02 Å². The number of hydrogen-bond donors (Lipinski definition) is 1. The third-order valence-corrected chi connectivity index (χ3v) is 7.91. The van der Waals surface area contributed by atoms with E-state index in [2.05, 4.69) is 11.4 Å². The molecule has 0 aromatic heterocycles. The van der Waals surface area contributed by atoms with Crippen LogP contribution >= 0.6 is 11.6 Å². The van der Waals surface area contributed by atoms with Gasteiger partial charge in [-0.05, 0) is 67.8 Å². The highest BCUT2D eigenvalue weighted by molar-refractivity contribution is 7.92. The first kappa shape index (κ1) is 27.4. The molecule has 0 spiro atoms. The summed E-state index contributed by atoms with van der Waals surface area (Å²) in [5.41, 5.74) is 3.50. The summed E-state index contributed by atoms with van der Waals surface area (Å²) < 4.78 is 39.1. The van der Waals surface area contributed by atoms with Gasteiger partial charge in [-0.2, -0.15) is 0 Å². The van der Waals surface area contributed by atoms with E-state index in [9.17, 15) is 13.2 Å². The molecule has 0 radical (unpaired) electrons. The minimum Gasteiger partial charge on any atom is -0.493 e. The molecule has 0 saturated carbocycles. The Bertz CT molecular complexity index is 1330. The van der Waals surface area contributed by atoms with Crippen LogP contribution in [0.15, 0.2) is 65.6 Å². The van der Waals surface area contributed by atoms with Crippen molar-refractivity contribution in [3.8, 4) is 11.5 Å². The molecule has 1 unspecified atom stereocenters. The van der Waals surface area contributed by atoms with Crippen LogP contribution in [0, 0.1) is 13.8 Å². The van der Waals surface area contributed by atoms with Crippen molar-refractivity contribution in [3.63, 3.8) is 0 Å². The third-order valence-electron chi connectivity index (χ3n) is 5.89. The topological polar surface area (TPSA) is 84.9 Å². The van der Waals surface area contributed by atoms with Crippen molar-refractivity contribution in [1.82, 2.24) is 5.32 Å². The summed E-state index contributed by atoms with van der Waals surface area (Å²) in [7, 11) is -1.25. The Morgan fingerprint density at radius 3 is 2.22 bits per heavy atom. The Kier molecular flexibility index (Phi) is 8.87. The lowest BCUT2D eigenvalue weighted by atomic mass is 9.97. The van der Waals surface area contributed by atoms with Crippen molar-refractivity contribution < 1.29 is 22.7 Å². The standard InChI is InChI=1S/C27H31ClN2O5S/c1-6-24(23-13-7-18(2)15-19(23)3)29-27(31)17-30(21-10-8-20(28)9-11-21)36(32,33)22-12-14-25(34-4)26(16-22)35-5/h7-16,24H,6,17H2,1-5H3,(H,29,31). The number of anilines is 1. The number of ether oxygens (including phenoxy) is 2. The number of nitrogens with zero attached hydrogens (tertiary/aromatic N) is 1. The predicted octanol–water partition coefficient (Wildman–Crippen LogP) is 5.44. The quantitative estimate of drug-likeness (QED) is 0.377. The summed E-state index contributed by atoms with van der Waals surface area (Å²) in [5.74, 6) is 0.229. The Balaban J connectivity index is 1.96. The summed E-state index contributed by atoms with van der Waals surface area (Å²) in [6.45, 7) is 5.57. The number of benzene rings is 3. The number of aryl methyl sites for hydroxylation is 2. The van der Waals surface area contributed by atoms with Crippen LogP contribution in [-0.2, 0) is 14.8 Å². The Labute approximate surface area is 218 Å². The van der Waals surface area contributed by atoms with E-state index in [0.29, 0.717) is 22.9 Å². The number of amides is 1. The van der Waals surface area contributed by atoms with Crippen molar-refractivity contribution in [2.24, 2.45) is 0 Å². The fourth-order valence-corrected chi connectivity index (χ4v) is 5.58. The molecule has 3 aromatic rings. The molecular formula is C27H31ClN2O5S. The largest absolute Gasteiger partial charge is 0.493 e. The van der Waals surface area contributed by atoms with Gasteiger partial charge in [0.2, 0.25) is 5.91 Å². The molecule has 0 fully saturated rings. The summed E-state index contributed by atoms with van der Waals surface area (Å²) in [6, 6.07) is 16.4. The van der Waals surface area contributed by atoms with Gasteiger partial charge in [-0.3, -0.25) is 9.10 Å². The fraction of sp³-hybridized carbons (Fsp3) is 0.296. The first-order valence-corrected chi connectivity index (χ1v) is 13.3. The van der Waals surface area contributed by atoms with E-state index >= 15 is 0 Å². The van der Waals surface area contributed by atoms with Crippen LogP contribution in [0.25, 0.3) is 0 Å². The average Bonchev–Trinajstić information content (AvgIpc) is 2.86. The number of sulfonamides is 1. The van der Waals surface area contributed by atoms with Crippen LogP contribution in [0.4, 0.5) is 5.69 Å². The van der Waals surface area contributed by atoms with Gasteiger partial charge in [-0.15, -0.1) is 0 Å². The summed E-state index contributed by atoms with van der Waals surface area (Å²) in [6.07, 6.45) is 0.652. The number of carbonyl (C=O) groups is 1. The van der Waals surface area contributed by atoms with E-state index in [4.69, 9.17) is 21.1 Å². The van der Waals surface area contributed by atoms with E-state index in [-0.39, 0.29) is 16.7 Å². The van der Waals surface area contributed by atoms with Gasteiger partial charge in [-0.1, -0.05) is 42.3 Å². The highest BCUT2D eigenvalue weighted by atomic mass is 35.5. The Morgan fingerprint density at radius 2 is 1.64 bits per heavy atom. The molecule has 1 N–H and O–H groups in total. The second kappa shape index (κ2) is 11.7. The van der Waals surface area contributed by atoms with E-state index in [1.807, 2.05) is 32.9 Å². The van der Waals surface area contributed by atoms with Gasteiger partial charge in [-0.25, -0.2) is 8.42 Å². The molecule has 36 heavy (non-hydrogen) atoms. The predicted molar refractivity (Wildman–Crippen MR) is 143 cm³/mol. The van der Waals surface area contributed by atoms with Crippen LogP contribution in [0.1, 0.15) is 36.1 Å². The van der Waals surface area contributed by atoms with Gasteiger partial charge in [0.1, 0.15) is 6.54 Å². The second-order valence-electron chi connectivity index (χ2n) is 8.39. The molecule has 3 rings (SSSR count). The molecule has 192 valence electrons. The van der Waals surface area contributed by atoms with Crippen molar-refractivity contribution in [2.45, 2.75) is 38.1 Å². The molecule has 0 aliphatic heterocycles. The monoisotopic (exact) mass is 530 g/mol. The van der Waals surface area contributed by atoms with Gasteiger partial charge >= 0.3 is 0 Å². The number of hydrogen-bond acceptors (Lipinski definition) is 5. The van der Waals surface area contributed by atoms with Crippen molar-refractivity contribution >= 4 is 33.2 Å². The highest BCUT2D eigenvalue weighted by Crippen LogP contribution is 2.32. The summed E-state index contributed by atoms with van der Waals surface area (Å²) >= 11 is 6.03. The lowest BCUT2D eigenvalue weighted by Crippen LogP contribution is -2.42. The number of nitrogens with one attached hydrogen (secondary N) is 1. The minimum absolute atomic E-state index is 0.0377. The normalized spacial score (nSPS) is 12.1. The van der Waals surface area contributed by atoms with Crippen molar-refractivity contribution in [1.29, 1.82) is 0 Å². The fourth-order valence-electron chi connectivity index (χ4n) is 4.01. The van der Waals surface area contributed by atoms with Gasteiger partial charge in [0.15, 0.2) is 11.5 Å². The summed E-state index contributed by atoms with van der Waals surface area (Å²) in [4.78, 5) is 13.2. The van der Waals surface area contributed by atoms with Crippen LogP contribution in [0.5, 0.6) is 11.5 Å². The SMILES string of the molecule is CCC(NC(=O)CN(c1ccc(Cl)cc1)S(=O)(=O)c1ccc(OC)c(OC)c1)c1ccc(C)cc1C. The number of methoxy groups -OCH3 is 2. The summed E-state index contributed by atoms with van der Waals surface area (Å²) in [5, 5.41) is 3.45. The molecule has 0 aliphatic carbocycles. The minimum atomic E-state index is -4.15. The maximum Gasteiger partial charge on any atom is 0.264 e. The molecule has 1 atom stereocenters. The van der Waals surface area contributed by atoms with E-state index in [0.717, 1.165) is 21.0 Å². The molecule has 0 bridgehead atoms. The zero-order valence-corrected chi connectivity index (χ0v) is 22.6. The van der Waals surface area contributed by atoms with E-state index < -0.39 is 22.5 Å². The Morgan fingerprint density at radius 1 is 0.972 bits per heavy atom. The maximum atomic E-state index is 13.8. The molecule has 3 aromatic carbocycles. The highest BCUT2D eigenvalue weighted by Gasteiger charge is 2.29. The molecule has 1 amide bonds. The molecule has 0 saturated heterocycles. The Hall–Kier alpha value is -3.23. The first-order valence-electron chi connectivity index (χ1n) is 11.5. The van der Waals surface area contributed by atoms with Gasteiger partial charge in [0.05, 0.1) is 30.8 Å². The van der Waals surface area contributed by atoms with Crippen LogP contribution in [0.3, 0.4) is 0 Å². The molecular weight excluding hydrogens is 500 g/mol. The zero-order chi connectivity index (χ0) is 26.5. The average molecular weight is 531 g/mol. The number of carbonyl (C=O) groups excluding carboxylic acids is 1. The lowest BCUT2D eigenvalue weighted by Gasteiger charge is -2.26. The second-order valence-corrected chi connectivity index (χ2v) is 10.7. The van der Waals surface area contributed by atoms with Crippen molar-refractivity contribution in [3.05, 3.63) is 82.4 Å². The number of halogens is 1. The van der Waals surface area contributed by atoms with E-state index in [1.54, 1.807) is 24.3 Å². The van der Waals surface area contributed by atoms with Crippen LogP contribution < -0.4 is 19.1 Å². The lowest BCUT2D eigenvalue weighted by molar-refractivity contribution is -0.120. The smallest absolute Gasteiger partial charge is 0.264 e. The molecule has 0 heterocycles. The van der Waals surface area contributed by atoms with Gasteiger partial charge < -0.3 is 14.8 Å². The third kappa shape index (κ3) is 6.12. The van der Waals surface area contributed by atoms with Gasteiger partial charge in [0, 0.05) is 11.1 Å². The number of rotatable bonds is 10. The molecule has 7 nitrogen and oxygen atoms in total. The molecule has 0 aliphatic rings. The van der Waals surface area contributed by atoms with E-state index in [1.165, 1.54) is 32.4 Å². The van der Waals surface area contributed by atoms with Crippen molar-refractivity contribution in [2.75, 3.05) is 25.1 Å².